The lowest BCUT2D eigenvalue weighted by Crippen LogP contribution is -2.32. The van der Waals surface area contributed by atoms with Gasteiger partial charge in [-0.3, -0.25) is 20.2 Å². The minimum atomic E-state index is -0.486. The summed E-state index contributed by atoms with van der Waals surface area (Å²) >= 11 is 5.15. The van der Waals surface area contributed by atoms with Gasteiger partial charge in [0.25, 0.3) is 5.69 Å². The first kappa shape index (κ1) is 24.0. The number of rotatable bonds is 11. The molecule has 2 aromatic rings. The number of carbonyl (C=O) groups excluding carboxylic acids is 1. The zero-order valence-corrected chi connectivity index (χ0v) is 18.3. The maximum atomic E-state index is 12.0. The highest BCUT2D eigenvalue weighted by Crippen LogP contribution is 2.17. The van der Waals surface area contributed by atoms with Gasteiger partial charge in [0.2, 0.25) is 5.91 Å². The van der Waals surface area contributed by atoms with E-state index in [0.717, 1.165) is 17.9 Å². The molecule has 0 aliphatic rings. The van der Waals surface area contributed by atoms with Crippen LogP contribution in [0.4, 0.5) is 11.4 Å². The van der Waals surface area contributed by atoms with Crippen LogP contribution in [-0.2, 0) is 4.79 Å². The number of nitrogens with zero attached hydrogens (tertiary/aromatic N) is 1. The summed E-state index contributed by atoms with van der Waals surface area (Å²) in [7, 11) is 0. The SMILES string of the molecule is CCCCCCCOc1ccc(NC(=S)NC(=O)/C=C/c2cccc([N+](=O)[O-])c2)cc1. The number of hydrogen-bond donors (Lipinski definition) is 2. The van der Waals surface area contributed by atoms with Crippen molar-refractivity contribution in [3.8, 4) is 5.75 Å². The normalized spacial score (nSPS) is 10.6. The number of anilines is 1. The van der Waals surface area contributed by atoms with Crippen LogP contribution < -0.4 is 15.4 Å². The summed E-state index contributed by atoms with van der Waals surface area (Å²) < 4.78 is 5.73. The highest BCUT2D eigenvalue weighted by atomic mass is 32.1. The third-order valence-electron chi connectivity index (χ3n) is 4.37. The molecule has 2 rings (SSSR count). The van der Waals surface area contributed by atoms with Crippen molar-refractivity contribution in [3.63, 3.8) is 0 Å². The van der Waals surface area contributed by atoms with E-state index in [2.05, 4.69) is 17.6 Å². The summed E-state index contributed by atoms with van der Waals surface area (Å²) in [5.41, 5.74) is 1.23. The number of carbonyl (C=O) groups is 1. The standard InChI is InChI=1S/C23H27N3O4S/c1-2-3-4-5-6-16-30-21-13-11-19(12-14-21)24-23(31)25-22(27)15-10-18-8-7-9-20(17-18)26(28)29/h7-15,17H,2-6,16H2,1H3,(H2,24,25,27,31)/b15-10+. The smallest absolute Gasteiger partial charge is 0.270 e. The first-order chi connectivity index (χ1) is 15.0. The summed E-state index contributed by atoms with van der Waals surface area (Å²) in [5, 5.41) is 16.4. The third kappa shape index (κ3) is 9.39. The van der Waals surface area contributed by atoms with Gasteiger partial charge in [0, 0.05) is 23.9 Å². The summed E-state index contributed by atoms with van der Waals surface area (Å²) in [4.78, 5) is 22.3. The number of non-ortho nitro benzene ring substituents is 1. The summed E-state index contributed by atoms with van der Waals surface area (Å²) in [6.45, 7) is 2.89. The Bertz CT molecular complexity index is 913. The quantitative estimate of drug-likeness (QED) is 0.158. The second kappa shape index (κ2) is 13.1. The zero-order valence-electron chi connectivity index (χ0n) is 17.5. The van der Waals surface area contributed by atoms with Crippen molar-refractivity contribution in [2.24, 2.45) is 0 Å². The molecule has 0 radical (unpaired) electrons. The predicted octanol–water partition coefficient (Wildman–Crippen LogP) is 5.47. The molecule has 7 nitrogen and oxygen atoms in total. The Morgan fingerprint density at radius 2 is 1.87 bits per heavy atom. The van der Waals surface area contributed by atoms with Crippen molar-refractivity contribution in [1.82, 2.24) is 5.32 Å². The molecule has 0 fully saturated rings. The zero-order chi connectivity index (χ0) is 22.5. The molecule has 0 atom stereocenters. The molecule has 0 bridgehead atoms. The van der Waals surface area contributed by atoms with Gasteiger partial charge in [-0.25, -0.2) is 0 Å². The topological polar surface area (TPSA) is 93.5 Å². The second-order valence-electron chi connectivity index (χ2n) is 6.92. The number of ether oxygens (including phenoxy) is 1. The van der Waals surface area contributed by atoms with Crippen LogP contribution in [0, 0.1) is 10.1 Å². The van der Waals surface area contributed by atoms with E-state index >= 15 is 0 Å². The van der Waals surface area contributed by atoms with Crippen LogP contribution >= 0.6 is 12.2 Å². The maximum Gasteiger partial charge on any atom is 0.270 e. The number of unbranched alkanes of at least 4 members (excludes halogenated alkanes) is 4. The van der Waals surface area contributed by atoms with E-state index in [1.165, 1.54) is 50.0 Å². The van der Waals surface area contributed by atoms with Crippen LogP contribution in [-0.4, -0.2) is 22.5 Å². The van der Waals surface area contributed by atoms with Crippen molar-refractivity contribution in [1.29, 1.82) is 0 Å². The molecule has 0 spiro atoms. The Labute approximate surface area is 187 Å². The number of amides is 1. The van der Waals surface area contributed by atoms with Crippen LogP contribution in [0.5, 0.6) is 5.75 Å². The molecule has 8 heteroatoms. The van der Waals surface area contributed by atoms with E-state index in [4.69, 9.17) is 17.0 Å². The van der Waals surface area contributed by atoms with Crippen molar-refractivity contribution in [2.75, 3.05) is 11.9 Å². The number of nitro benzene ring substituents is 1. The minimum Gasteiger partial charge on any atom is -0.494 e. The predicted molar refractivity (Wildman–Crippen MR) is 127 cm³/mol. The molecule has 31 heavy (non-hydrogen) atoms. The molecule has 164 valence electrons. The number of benzene rings is 2. The number of hydrogen-bond acceptors (Lipinski definition) is 5. The van der Waals surface area contributed by atoms with Gasteiger partial charge in [-0.2, -0.15) is 0 Å². The third-order valence-corrected chi connectivity index (χ3v) is 4.58. The van der Waals surface area contributed by atoms with Gasteiger partial charge in [0.15, 0.2) is 5.11 Å². The van der Waals surface area contributed by atoms with E-state index in [9.17, 15) is 14.9 Å². The molecule has 2 N–H and O–H groups in total. The molecule has 2 aromatic carbocycles. The van der Waals surface area contributed by atoms with Crippen LogP contribution in [0.15, 0.2) is 54.6 Å². The highest BCUT2D eigenvalue weighted by Gasteiger charge is 2.05. The summed E-state index contributed by atoms with van der Waals surface area (Å²) in [5.74, 6) is 0.350. The molecule has 0 aliphatic carbocycles. The average molecular weight is 442 g/mol. The van der Waals surface area contributed by atoms with Crippen LogP contribution in [0.25, 0.3) is 6.08 Å². The van der Waals surface area contributed by atoms with E-state index in [1.54, 1.807) is 12.1 Å². The summed E-state index contributed by atoms with van der Waals surface area (Å²) in [6.07, 6.45) is 8.71. The van der Waals surface area contributed by atoms with E-state index in [0.29, 0.717) is 12.2 Å². The Morgan fingerprint density at radius 3 is 2.58 bits per heavy atom. The molecule has 0 saturated carbocycles. The van der Waals surface area contributed by atoms with Gasteiger partial charge in [0.1, 0.15) is 5.75 Å². The van der Waals surface area contributed by atoms with Crippen LogP contribution in [0.2, 0.25) is 0 Å². The van der Waals surface area contributed by atoms with Crippen LogP contribution in [0.1, 0.15) is 44.6 Å². The fourth-order valence-corrected chi connectivity index (χ4v) is 2.98. The van der Waals surface area contributed by atoms with Gasteiger partial charge in [-0.15, -0.1) is 0 Å². The van der Waals surface area contributed by atoms with E-state index in [-0.39, 0.29) is 10.8 Å². The van der Waals surface area contributed by atoms with E-state index < -0.39 is 10.8 Å². The van der Waals surface area contributed by atoms with Crippen LogP contribution in [0.3, 0.4) is 0 Å². The largest absolute Gasteiger partial charge is 0.494 e. The van der Waals surface area contributed by atoms with E-state index in [1.807, 2.05) is 24.3 Å². The summed E-state index contributed by atoms with van der Waals surface area (Å²) in [6, 6.07) is 13.3. The molecule has 1 amide bonds. The maximum absolute atomic E-state index is 12.0. The molecule has 0 aliphatic heterocycles. The number of thiocarbonyl (C=S) groups is 1. The Balaban J connectivity index is 1.75. The molecular weight excluding hydrogens is 414 g/mol. The monoisotopic (exact) mass is 441 g/mol. The molecule has 0 saturated heterocycles. The number of nitro groups is 1. The Kier molecular flexibility index (Phi) is 10.2. The molecule has 0 unspecified atom stereocenters. The average Bonchev–Trinajstić information content (AvgIpc) is 2.76. The lowest BCUT2D eigenvalue weighted by atomic mass is 10.2. The first-order valence-corrected chi connectivity index (χ1v) is 10.7. The fraction of sp³-hybridized carbons (Fsp3) is 0.304. The van der Waals surface area contributed by atoms with Crippen molar-refractivity contribution < 1.29 is 14.5 Å². The highest BCUT2D eigenvalue weighted by molar-refractivity contribution is 7.80. The minimum absolute atomic E-state index is 0.0383. The van der Waals surface area contributed by atoms with Crippen molar-refractivity contribution >= 4 is 40.7 Å². The molecule has 0 heterocycles. The molecule has 0 aromatic heterocycles. The van der Waals surface area contributed by atoms with Gasteiger partial charge in [-0.05, 0) is 54.5 Å². The van der Waals surface area contributed by atoms with Gasteiger partial charge < -0.3 is 10.1 Å². The Morgan fingerprint density at radius 1 is 1.13 bits per heavy atom. The number of nitrogens with one attached hydrogen (secondary N) is 2. The lowest BCUT2D eigenvalue weighted by Gasteiger charge is -2.10. The Hall–Kier alpha value is -3.26. The fourth-order valence-electron chi connectivity index (χ4n) is 2.76. The van der Waals surface area contributed by atoms with Crippen molar-refractivity contribution in [2.45, 2.75) is 39.0 Å². The van der Waals surface area contributed by atoms with Crippen molar-refractivity contribution in [3.05, 3.63) is 70.3 Å². The lowest BCUT2D eigenvalue weighted by molar-refractivity contribution is -0.384. The van der Waals surface area contributed by atoms with Gasteiger partial charge >= 0.3 is 0 Å². The van der Waals surface area contributed by atoms with Gasteiger partial charge in [0.05, 0.1) is 11.5 Å². The molecular formula is C23H27N3O4S. The first-order valence-electron chi connectivity index (χ1n) is 10.3. The second-order valence-corrected chi connectivity index (χ2v) is 7.32. The van der Waals surface area contributed by atoms with Gasteiger partial charge in [-0.1, -0.05) is 44.7 Å².